The lowest BCUT2D eigenvalue weighted by molar-refractivity contribution is -0.114. The number of hydrogen-bond acceptors (Lipinski definition) is 4. The first-order valence-corrected chi connectivity index (χ1v) is 7.86. The highest BCUT2D eigenvalue weighted by Crippen LogP contribution is 2.37. The Morgan fingerprint density at radius 3 is 2.71 bits per heavy atom. The summed E-state index contributed by atoms with van der Waals surface area (Å²) >= 11 is 0. The van der Waals surface area contributed by atoms with Crippen LogP contribution in [0.25, 0.3) is 0 Å². The largest absolute Gasteiger partial charge is 0.507 e. The minimum atomic E-state index is -0.272. The maximum Gasteiger partial charge on any atom is 0.255 e. The van der Waals surface area contributed by atoms with Gasteiger partial charge in [-0.3, -0.25) is 9.59 Å². The number of amides is 1. The van der Waals surface area contributed by atoms with Crippen LogP contribution in [0.5, 0.6) is 11.5 Å². The fourth-order valence-corrected chi connectivity index (χ4v) is 2.77. The number of methoxy groups -OCH3 is 1. The van der Waals surface area contributed by atoms with Crippen LogP contribution < -0.4 is 10.1 Å². The number of nitrogens with one attached hydrogen (secondary N) is 1. The quantitative estimate of drug-likeness (QED) is 0.621. The van der Waals surface area contributed by atoms with E-state index in [-0.39, 0.29) is 17.4 Å². The van der Waals surface area contributed by atoms with Gasteiger partial charge in [0.2, 0.25) is 0 Å². The van der Waals surface area contributed by atoms with Gasteiger partial charge in [-0.1, -0.05) is 17.2 Å². The van der Waals surface area contributed by atoms with Crippen molar-refractivity contribution < 1.29 is 19.4 Å². The standard InChI is InChI=1S/C19H23NO4/c1-11(2)7-14(21)8-12(3)5-6-15-16(24-4)9-13-10-20-19(23)17(13)18(15)22/h5,7,9,22H,6,8,10H2,1-4H3,(H,20,23)/b12-5+. The summed E-state index contributed by atoms with van der Waals surface area (Å²) in [5.41, 5.74) is 3.48. The fourth-order valence-electron chi connectivity index (χ4n) is 2.77. The SMILES string of the molecule is COc1cc2c(c(O)c1C/C=C(\C)CC(=O)C=C(C)C)C(=O)NC2. The first kappa shape index (κ1) is 17.8. The average molecular weight is 329 g/mol. The van der Waals surface area contributed by atoms with Gasteiger partial charge in [0, 0.05) is 18.5 Å². The molecule has 0 aliphatic carbocycles. The molecule has 1 aliphatic rings. The first-order chi connectivity index (χ1) is 11.3. The predicted octanol–water partition coefficient (Wildman–Crippen LogP) is 3.06. The molecule has 1 heterocycles. The highest BCUT2D eigenvalue weighted by atomic mass is 16.5. The summed E-state index contributed by atoms with van der Waals surface area (Å²) in [6.45, 7) is 6.04. The zero-order chi connectivity index (χ0) is 17.9. The van der Waals surface area contributed by atoms with Crippen LogP contribution in [0.15, 0.2) is 29.4 Å². The first-order valence-electron chi connectivity index (χ1n) is 7.86. The van der Waals surface area contributed by atoms with Crippen LogP contribution in [-0.4, -0.2) is 23.9 Å². The van der Waals surface area contributed by atoms with Crippen molar-refractivity contribution in [1.82, 2.24) is 5.32 Å². The number of fused-ring (bicyclic) bond motifs is 1. The average Bonchev–Trinajstić information content (AvgIpc) is 2.86. The van der Waals surface area contributed by atoms with Crippen LogP contribution in [0.4, 0.5) is 0 Å². The van der Waals surface area contributed by atoms with Crippen molar-refractivity contribution in [3.05, 3.63) is 46.1 Å². The number of aromatic hydroxyl groups is 1. The molecule has 128 valence electrons. The molecule has 1 aromatic rings. The summed E-state index contributed by atoms with van der Waals surface area (Å²) < 4.78 is 5.35. The number of allylic oxidation sites excluding steroid dienone is 4. The molecule has 0 spiro atoms. The molecule has 1 amide bonds. The molecular formula is C19H23NO4. The Labute approximate surface area is 142 Å². The van der Waals surface area contributed by atoms with Crippen LogP contribution in [0, 0.1) is 0 Å². The number of phenolic OH excluding ortho intramolecular Hbond substituents is 1. The normalized spacial score (nSPS) is 13.3. The van der Waals surface area contributed by atoms with Crippen molar-refractivity contribution >= 4 is 11.7 Å². The minimum absolute atomic E-state index is 0.0426. The summed E-state index contributed by atoms with van der Waals surface area (Å²) in [6.07, 6.45) is 4.23. The van der Waals surface area contributed by atoms with Crippen molar-refractivity contribution in [3.8, 4) is 11.5 Å². The number of benzene rings is 1. The molecule has 1 aliphatic heterocycles. The van der Waals surface area contributed by atoms with Crippen molar-refractivity contribution in [3.63, 3.8) is 0 Å². The number of hydrogen-bond donors (Lipinski definition) is 2. The molecular weight excluding hydrogens is 306 g/mol. The highest BCUT2D eigenvalue weighted by Gasteiger charge is 2.27. The summed E-state index contributed by atoms with van der Waals surface area (Å²) in [7, 11) is 1.53. The lowest BCUT2D eigenvalue weighted by Gasteiger charge is -2.12. The van der Waals surface area contributed by atoms with Crippen LogP contribution >= 0.6 is 0 Å². The van der Waals surface area contributed by atoms with E-state index in [1.165, 1.54) is 7.11 Å². The lowest BCUT2D eigenvalue weighted by Crippen LogP contribution is -2.12. The van der Waals surface area contributed by atoms with E-state index in [1.807, 2.05) is 26.8 Å². The molecule has 0 bridgehead atoms. The molecule has 0 fully saturated rings. The smallest absolute Gasteiger partial charge is 0.255 e. The van der Waals surface area contributed by atoms with Crippen molar-refractivity contribution in [2.45, 2.75) is 40.2 Å². The van der Waals surface area contributed by atoms with E-state index >= 15 is 0 Å². The molecule has 2 N–H and O–H groups in total. The van der Waals surface area contributed by atoms with Gasteiger partial charge >= 0.3 is 0 Å². The zero-order valence-electron chi connectivity index (χ0n) is 14.5. The Bertz CT molecular complexity index is 740. The third-order valence-electron chi connectivity index (χ3n) is 3.89. The molecule has 0 atom stereocenters. The van der Waals surface area contributed by atoms with Gasteiger partial charge in [-0.25, -0.2) is 0 Å². The Morgan fingerprint density at radius 1 is 1.38 bits per heavy atom. The van der Waals surface area contributed by atoms with E-state index in [9.17, 15) is 14.7 Å². The van der Waals surface area contributed by atoms with E-state index in [2.05, 4.69) is 5.32 Å². The molecule has 0 unspecified atom stereocenters. The number of ketones is 1. The summed E-state index contributed by atoms with van der Waals surface area (Å²) in [4.78, 5) is 23.7. The second-order valence-corrected chi connectivity index (χ2v) is 6.24. The number of carbonyl (C=O) groups excluding carboxylic acids is 2. The fraction of sp³-hybridized carbons (Fsp3) is 0.368. The van der Waals surface area contributed by atoms with Crippen LogP contribution in [0.1, 0.15) is 48.7 Å². The van der Waals surface area contributed by atoms with Gasteiger partial charge in [-0.2, -0.15) is 0 Å². The van der Waals surface area contributed by atoms with Gasteiger partial charge in [0.25, 0.3) is 5.91 Å². The summed E-state index contributed by atoms with van der Waals surface area (Å²) in [5, 5.41) is 13.2. The highest BCUT2D eigenvalue weighted by molar-refractivity contribution is 6.01. The summed E-state index contributed by atoms with van der Waals surface area (Å²) in [5.74, 6) is 0.278. The maximum atomic E-state index is 11.8. The topological polar surface area (TPSA) is 75.6 Å². The van der Waals surface area contributed by atoms with E-state index in [0.29, 0.717) is 36.3 Å². The molecule has 0 saturated carbocycles. The van der Waals surface area contributed by atoms with E-state index in [1.54, 1.807) is 12.1 Å². The molecule has 0 aromatic heterocycles. The number of ether oxygens (including phenoxy) is 1. The van der Waals surface area contributed by atoms with Gasteiger partial charge in [0.05, 0.1) is 12.7 Å². The number of phenols is 1. The Morgan fingerprint density at radius 2 is 2.08 bits per heavy atom. The monoisotopic (exact) mass is 329 g/mol. The van der Waals surface area contributed by atoms with Gasteiger partial charge in [0.1, 0.15) is 11.5 Å². The predicted molar refractivity (Wildman–Crippen MR) is 92.3 cm³/mol. The molecule has 24 heavy (non-hydrogen) atoms. The molecule has 5 nitrogen and oxygen atoms in total. The minimum Gasteiger partial charge on any atom is -0.507 e. The third-order valence-corrected chi connectivity index (χ3v) is 3.89. The number of rotatable bonds is 6. The van der Waals surface area contributed by atoms with Gasteiger partial charge in [-0.05, 0) is 44.9 Å². The Hall–Kier alpha value is -2.56. The molecule has 2 rings (SSSR count). The van der Waals surface area contributed by atoms with Crippen molar-refractivity contribution in [1.29, 1.82) is 0 Å². The van der Waals surface area contributed by atoms with E-state index < -0.39 is 0 Å². The van der Waals surface area contributed by atoms with Crippen molar-refractivity contribution in [2.75, 3.05) is 7.11 Å². The Balaban J connectivity index is 2.25. The lowest BCUT2D eigenvalue weighted by atomic mass is 9.99. The van der Waals surface area contributed by atoms with E-state index in [4.69, 9.17) is 4.74 Å². The van der Waals surface area contributed by atoms with Gasteiger partial charge in [-0.15, -0.1) is 0 Å². The van der Waals surface area contributed by atoms with Crippen LogP contribution in [-0.2, 0) is 17.8 Å². The maximum absolute atomic E-state index is 11.8. The van der Waals surface area contributed by atoms with Crippen LogP contribution in [0.3, 0.4) is 0 Å². The molecule has 0 saturated heterocycles. The summed E-state index contributed by atoms with van der Waals surface area (Å²) in [6, 6.07) is 1.78. The van der Waals surface area contributed by atoms with E-state index in [0.717, 1.165) is 16.7 Å². The molecule has 5 heteroatoms. The number of carbonyl (C=O) groups is 2. The van der Waals surface area contributed by atoms with Crippen LogP contribution in [0.2, 0.25) is 0 Å². The second-order valence-electron chi connectivity index (χ2n) is 6.24. The van der Waals surface area contributed by atoms with Gasteiger partial charge < -0.3 is 15.2 Å². The molecule has 1 aromatic carbocycles. The van der Waals surface area contributed by atoms with Crippen molar-refractivity contribution in [2.24, 2.45) is 0 Å². The third kappa shape index (κ3) is 3.85. The Kier molecular flexibility index (Phi) is 5.44. The zero-order valence-corrected chi connectivity index (χ0v) is 14.5. The second kappa shape index (κ2) is 7.34. The molecule has 0 radical (unpaired) electrons. The van der Waals surface area contributed by atoms with Gasteiger partial charge in [0.15, 0.2) is 5.78 Å².